The highest BCUT2D eigenvalue weighted by Crippen LogP contribution is 1.99. The van der Waals surface area contributed by atoms with Gasteiger partial charge >= 0.3 is 0 Å². The minimum atomic E-state index is 0.114. The van der Waals surface area contributed by atoms with Gasteiger partial charge in [-0.15, -0.1) is 0 Å². The molecule has 1 aliphatic heterocycles. The molecule has 0 saturated carbocycles. The summed E-state index contributed by atoms with van der Waals surface area (Å²) in [5, 5.41) is 3.91. The van der Waals surface area contributed by atoms with Gasteiger partial charge in [-0.05, 0) is 13.0 Å². The predicted molar refractivity (Wildman–Crippen MR) is 34.9 cm³/mol. The Bertz CT molecular complexity index is 179. The van der Waals surface area contributed by atoms with Crippen LogP contribution in [0, 0.1) is 0 Å². The van der Waals surface area contributed by atoms with Gasteiger partial charge in [0.1, 0.15) is 0 Å². The second-order valence-electron chi connectivity index (χ2n) is 1.93. The predicted octanol–water partition coefficient (Wildman–Crippen LogP) is 0.633. The average Bonchev–Trinajstić information content (AvgIpc) is 1.90. The van der Waals surface area contributed by atoms with Crippen molar-refractivity contribution in [1.82, 2.24) is 5.32 Å². The standard InChI is InChI=1S/C7H8NO/c1-6(9)7-3-2-4-8-5-7/h2-4H,5H2,1H3. The zero-order valence-electron chi connectivity index (χ0n) is 5.29. The maximum atomic E-state index is 10.6. The van der Waals surface area contributed by atoms with Gasteiger partial charge in [0.05, 0.1) is 6.54 Å². The Kier molecular flexibility index (Phi) is 1.68. The number of carbonyl (C=O) groups is 1. The number of carbonyl (C=O) groups excluding carboxylic acids is 1. The molecule has 9 heavy (non-hydrogen) atoms. The third-order valence-electron chi connectivity index (χ3n) is 1.20. The number of nitrogens with zero attached hydrogens (tertiary/aromatic N) is 1. The number of rotatable bonds is 1. The van der Waals surface area contributed by atoms with Crippen LogP contribution in [0.2, 0.25) is 0 Å². The van der Waals surface area contributed by atoms with Crippen LogP contribution < -0.4 is 5.32 Å². The van der Waals surface area contributed by atoms with E-state index < -0.39 is 0 Å². The summed E-state index contributed by atoms with van der Waals surface area (Å²) in [6.07, 6.45) is 5.28. The Hall–Kier alpha value is -1.05. The first-order valence-electron chi connectivity index (χ1n) is 2.84. The summed E-state index contributed by atoms with van der Waals surface area (Å²) in [6, 6.07) is 0. The molecule has 2 nitrogen and oxygen atoms in total. The topological polar surface area (TPSA) is 31.2 Å². The molecule has 0 unspecified atom stereocenters. The lowest BCUT2D eigenvalue weighted by molar-refractivity contribution is -0.113. The van der Waals surface area contributed by atoms with Gasteiger partial charge in [-0.1, -0.05) is 6.08 Å². The highest BCUT2D eigenvalue weighted by atomic mass is 16.1. The van der Waals surface area contributed by atoms with Crippen LogP contribution in [-0.2, 0) is 4.79 Å². The van der Waals surface area contributed by atoms with Gasteiger partial charge in [0.25, 0.3) is 0 Å². The Morgan fingerprint density at radius 1 is 1.78 bits per heavy atom. The lowest BCUT2D eigenvalue weighted by Crippen LogP contribution is -2.11. The largest absolute Gasteiger partial charge is 0.295 e. The third kappa shape index (κ3) is 1.42. The molecule has 0 amide bonds. The van der Waals surface area contributed by atoms with Crippen LogP contribution in [0.5, 0.6) is 0 Å². The molecule has 47 valence electrons. The normalized spacial score (nSPS) is 16.3. The fourth-order valence-corrected chi connectivity index (χ4v) is 0.652. The van der Waals surface area contributed by atoms with Crippen molar-refractivity contribution in [3.8, 4) is 0 Å². The molecule has 0 bridgehead atoms. The fraction of sp³-hybridized carbons (Fsp3) is 0.286. The summed E-state index contributed by atoms with van der Waals surface area (Å²) in [6.45, 7) is 2.10. The van der Waals surface area contributed by atoms with Crippen LogP contribution in [-0.4, -0.2) is 12.3 Å². The van der Waals surface area contributed by atoms with Gasteiger partial charge < -0.3 is 0 Å². The van der Waals surface area contributed by atoms with E-state index in [-0.39, 0.29) is 5.78 Å². The minimum Gasteiger partial charge on any atom is -0.295 e. The van der Waals surface area contributed by atoms with E-state index >= 15 is 0 Å². The van der Waals surface area contributed by atoms with Crippen molar-refractivity contribution < 1.29 is 4.79 Å². The molecule has 0 fully saturated rings. The van der Waals surface area contributed by atoms with Crippen molar-refractivity contribution >= 4 is 5.78 Å². The summed E-state index contributed by atoms with van der Waals surface area (Å²) >= 11 is 0. The van der Waals surface area contributed by atoms with Crippen LogP contribution in [0.25, 0.3) is 0 Å². The molecular formula is C7H8NO. The molecule has 2 heteroatoms. The van der Waals surface area contributed by atoms with Crippen molar-refractivity contribution in [2.45, 2.75) is 6.92 Å². The first-order valence-corrected chi connectivity index (χ1v) is 2.84. The maximum Gasteiger partial charge on any atom is 0.157 e. The van der Waals surface area contributed by atoms with E-state index in [1.54, 1.807) is 25.3 Å². The molecule has 0 saturated heterocycles. The Labute approximate surface area is 54.3 Å². The lowest BCUT2D eigenvalue weighted by Gasteiger charge is -2.03. The molecule has 0 aromatic carbocycles. The monoisotopic (exact) mass is 122 g/mol. The first-order chi connectivity index (χ1) is 4.30. The zero-order valence-corrected chi connectivity index (χ0v) is 5.29. The quantitative estimate of drug-likeness (QED) is 0.502. The fourth-order valence-electron chi connectivity index (χ4n) is 0.652. The van der Waals surface area contributed by atoms with Gasteiger partial charge in [-0.2, -0.15) is 0 Å². The second-order valence-corrected chi connectivity index (χ2v) is 1.93. The third-order valence-corrected chi connectivity index (χ3v) is 1.20. The number of hydrogen-bond acceptors (Lipinski definition) is 1. The van der Waals surface area contributed by atoms with Crippen molar-refractivity contribution in [3.05, 3.63) is 23.9 Å². The summed E-state index contributed by atoms with van der Waals surface area (Å²) in [7, 11) is 0. The number of allylic oxidation sites excluding steroid dienone is 2. The van der Waals surface area contributed by atoms with E-state index in [2.05, 4.69) is 5.32 Å². The van der Waals surface area contributed by atoms with Gasteiger partial charge in [-0.3, -0.25) is 10.1 Å². The summed E-state index contributed by atoms with van der Waals surface area (Å²) < 4.78 is 0. The molecule has 1 rings (SSSR count). The molecule has 1 aliphatic rings. The van der Waals surface area contributed by atoms with Crippen LogP contribution in [0.15, 0.2) is 23.9 Å². The summed E-state index contributed by atoms with van der Waals surface area (Å²) in [4.78, 5) is 10.6. The van der Waals surface area contributed by atoms with Crippen molar-refractivity contribution in [1.29, 1.82) is 0 Å². The molecule has 0 aromatic heterocycles. The van der Waals surface area contributed by atoms with Gasteiger partial charge in [-0.25, -0.2) is 0 Å². The highest BCUT2D eigenvalue weighted by molar-refractivity contribution is 5.94. The molecule has 0 N–H and O–H groups in total. The van der Waals surface area contributed by atoms with Crippen LogP contribution in [0.1, 0.15) is 6.92 Å². The highest BCUT2D eigenvalue weighted by Gasteiger charge is 2.03. The van der Waals surface area contributed by atoms with Crippen molar-refractivity contribution in [2.75, 3.05) is 6.54 Å². The number of ketones is 1. The zero-order chi connectivity index (χ0) is 6.69. The SMILES string of the molecule is CC(=O)C1=CC=C[N]C1. The first kappa shape index (κ1) is 6.08. The molecule has 1 radical (unpaired) electrons. The summed E-state index contributed by atoms with van der Waals surface area (Å²) in [5.41, 5.74) is 0.789. The van der Waals surface area contributed by atoms with Gasteiger partial charge in [0.2, 0.25) is 0 Å². The number of Topliss-reactive ketones (excluding diaryl/α,β-unsaturated/α-hetero) is 1. The van der Waals surface area contributed by atoms with Gasteiger partial charge in [0.15, 0.2) is 5.78 Å². The van der Waals surface area contributed by atoms with Crippen LogP contribution in [0.4, 0.5) is 0 Å². The Morgan fingerprint density at radius 2 is 2.56 bits per heavy atom. The lowest BCUT2D eigenvalue weighted by atomic mass is 10.1. The molecule has 0 aliphatic carbocycles. The molecule has 0 aromatic rings. The van der Waals surface area contributed by atoms with E-state index in [1.807, 2.05) is 0 Å². The molecular weight excluding hydrogens is 114 g/mol. The Morgan fingerprint density at radius 3 is 2.89 bits per heavy atom. The van der Waals surface area contributed by atoms with Crippen LogP contribution >= 0.6 is 0 Å². The van der Waals surface area contributed by atoms with E-state index in [0.29, 0.717) is 6.54 Å². The maximum absolute atomic E-state index is 10.6. The van der Waals surface area contributed by atoms with E-state index in [0.717, 1.165) is 5.57 Å². The van der Waals surface area contributed by atoms with E-state index in [1.165, 1.54) is 0 Å². The molecule has 0 spiro atoms. The second kappa shape index (κ2) is 2.49. The Balaban J connectivity index is 2.68. The van der Waals surface area contributed by atoms with E-state index in [4.69, 9.17) is 0 Å². The molecule has 1 heterocycles. The van der Waals surface area contributed by atoms with Crippen molar-refractivity contribution in [2.24, 2.45) is 0 Å². The van der Waals surface area contributed by atoms with Crippen molar-refractivity contribution in [3.63, 3.8) is 0 Å². The van der Waals surface area contributed by atoms with Gasteiger partial charge in [0, 0.05) is 11.8 Å². The average molecular weight is 122 g/mol. The molecule has 0 atom stereocenters. The smallest absolute Gasteiger partial charge is 0.157 e. The summed E-state index contributed by atoms with van der Waals surface area (Å²) in [5.74, 6) is 0.114. The number of hydrogen-bond donors (Lipinski definition) is 0. The minimum absolute atomic E-state index is 0.114. The van der Waals surface area contributed by atoms with Crippen LogP contribution in [0.3, 0.4) is 0 Å². The van der Waals surface area contributed by atoms with E-state index in [9.17, 15) is 4.79 Å².